The number of aliphatic carboxylic acids is 2. The van der Waals surface area contributed by atoms with Crippen LogP contribution < -0.4 is 4.74 Å². The fourth-order valence-corrected chi connectivity index (χ4v) is 3.70. The van der Waals surface area contributed by atoms with E-state index < -0.39 is 18.5 Å². The predicted molar refractivity (Wildman–Crippen MR) is 117 cm³/mol. The lowest BCUT2D eigenvalue weighted by atomic mass is 10.2. The highest BCUT2D eigenvalue weighted by atomic mass is 35.5. The highest BCUT2D eigenvalue weighted by Gasteiger charge is 2.18. The lowest BCUT2D eigenvalue weighted by Crippen LogP contribution is -2.09. The summed E-state index contributed by atoms with van der Waals surface area (Å²) in [5, 5.41) is 27.8. The molecule has 0 radical (unpaired) electrons. The van der Waals surface area contributed by atoms with Gasteiger partial charge in [-0.2, -0.15) is 0 Å². The topological polar surface area (TPSA) is 115 Å². The van der Waals surface area contributed by atoms with Crippen molar-refractivity contribution in [3.05, 3.63) is 64.0 Å². The quantitative estimate of drug-likeness (QED) is 0.359. The molecule has 2 aromatic carbocycles. The van der Waals surface area contributed by atoms with Crippen LogP contribution in [0.25, 0.3) is 17.5 Å². The summed E-state index contributed by atoms with van der Waals surface area (Å²) in [6, 6.07) is 13.7. The van der Waals surface area contributed by atoms with E-state index in [0.29, 0.717) is 33.9 Å². The highest BCUT2D eigenvalue weighted by molar-refractivity contribution is 8.04. The number of halogens is 1. The van der Waals surface area contributed by atoms with Gasteiger partial charge in [-0.3, -0.25) is 0 Å². The van der Waals surface area contributed by atoms with Crippen LogP contribution in [0.15, 0.2) is 58.6 Å². The Morgan fingerprint density at radius 1 is 1.16 bits per heavy atom. The number of aromatic nitrogens is 3. The molecule has 0 fully saturated rings. The lowest BCUT2D eigenvalue weighted by Gasteiger charge is -2.08. The maximum atomic E-state index is 11.9. The fourth-order valence-electron chi connectivity index (χ4n) is 2.69. The first-order valence-electron chi connectivity index (χ1n) is 9.14. The van der Waals surface area contributed by atoms with Gasteiger partial charge in [-0.15, -0.1) is 10.2 Å². The molecule has 0 unspecified atom stereocenters. The molecule has 3 aromatic rings. The number of thioether (sulfide) groups is 1. The van der Waals surface area contributed by atoms with Gasteiger partial charge in [0.05, 0.1) is 0 Å². The third-order valence-corrected chi connectivity index (χ3v) is 5.31. The molecular weight excluding hydrogens is 442 g/mol. The van der Waals surface area contributed by atoms with Crippen molar-refractivity contribution >= 4 is 41.4 Å². The molecule has 0 atom stereocenters. The van der Waals surface area contributed by atoms with Crippen LogP contribution in [-0.2, 0) is 16.1 Å². The largest absolute Gasteiger partial charge is 0.482 e. The number of hydrogen-bond acceptors (Lipinski definition) is 6. The van der Waals surface area contributed by atoms with Crippen molar-refractivity contribution in [2.24, 2.45) is 0 Å². The number of benzene rings is 2. The van der Waals surface area contributed by atoms with Crippen molar-refractivity contribution < 1.29 is 24.5 Å². The van der Waals surface area contributed by atoms with Gasteiger partial charge in [-0.1, -0.05) is 23.7 Å². The van der Waals surface area contributed by atoms with Crippen molar-refractivity contribution in [3.63, 3.8) is 0 Å². The number of carbonyl (C=O) groups is 2. The van der Waals surface area contributed by atoms with Crippen LogP contribution in [0, 0.1) is 0 Å². The highest BCUT2D eigenvalue weighted by Crippen LogP contribution is 2.31. The molecule has 0 aliphatic carbocycles. The maximum Gasteiger partial charge on any atom is 0.342 e. The Bertz CT molecular complexity index is 1130. The van der Waals surface area contributed by atoms with Crippen molar-refractivity contribution in [1.82, 2.24) is 14.8 Å². The second-order valence-corrected chi connectivity index (χ2v) is 7.67. The Kier molecular flexibility index (Phi) is 7.32. The zero-order valence-electron chi connectivity index (χ0n) is 16.4. The molecule has 0 spiro atoms. The van der Waals surface area contributed by atoms with E-state index in [9.17, 15) is 14.7 Å². The van der Waals surface area contributed by atoms with Crippen molar-refractivity contribution in [1.29, 1.82) is 0 Å². The summed E-state index contributed by atoms with van der Waals surface area (Å²) in [5.74, 6) is -1.29. The fraction of sp³-hybridized carbons (Fsp3) is 0.143. The Morgan fingerprint density at radius 2 is 1.90 bits per heavy atom. The van der Waals surface area contributed by atoms with Crippen LogP contribution in [-0.4, -0.2) is 43.5 Å². The first kappa shape index (κ1) is 22.4. The molecule has 0 amide bonds. The Balaban J connectivity index is 1.89. The van der Waals surface area contributed by atoms with Crippen LogP contribution in [0.4, 0.5) is 0 Å². The van der Waals surface area contributed by atoms with Crippen LogP contribution in [0.2, 0.25) is 5.02 Å². The second-order valence-electron chi connectivity index (χ2n) is 6.23. The molecule has 0 bridgehead atoms. The molecule has 0 aliphatic rings. The van der Waals surface area contributed by atoms with Crippen molar-refractivity contribution in [2.45, 2.75) is 18.6 Å². The van der Waals surface area contributed by atoms with E-state index in [4.69, 9.17) is 21.4 Å². The minimum Gasteiger partial charge on any atom is -0.482 e. The SMILES string of the molecule is CCn1c(S/C(=C\c2cccc(OCC(=O)O)c2)C(=O)O)nnc1-c1ccc(Cl)cc1. The van der Waals surface area contributed by atoms with E-state index in [1.54, 1.807) is 36.4 Å². The third-order valence-electron chi connectivity index (χ3n) is 4.07. The number of ether oxygens (including phenoxy) is 1. The molecular formula is C21H18ClN3O5S. The monoisotopic (exact) mass is 459 g/mol. The number of carboxylic acid groups (broad SMARTS) is 2. The first-order valence-corrected chi connectivity index (χ1v) is 10.3. The van der Waals surface area contributed by atoms with Crippen LogP contribution in [0.5, 0.6) is 5.75 Å². The molecule has 0 saturated carbocycles. The first-order chi connectivity index (χ1) is 14.9. The maximum absolute atomic E-state index is 11.9. The van der Waals surface area contributed by atoms with Gasteiger partial charge in [0.1, 0.15) is 10.7 Å². The normalized spacial score (nSPS) is 11.4. The molecule has 31 heavy (non-hydrogen) atoms. The third kappa shape index (κ3) is 5.87. The number of rotatable bonds is 9. The number of hydrogen-bond donors (Lipinski definition) is 2. The summed E-state index contributed by atoms with van der Waals surface area (Å²) in [4.78, 5) is 22.5. The van der Waals surface area contributed by atoms with Crippen LogP contribution in [0.1, 0.15) is 12.5 Å². The minimum absolute atomic E-state index is 0.0279. The van der Waals surface area contributed by atoms with E-state index in [0.717, 1.165) is 17.3 Å². The van der Waals surface area contributed by atoms with E-state index in [2.05, 4.69) is 10.2 Å². The van der Waals surface area contributed by atoms with Gasteiger partial charge in [0.25, 0.3) is 0 Å². The Hall–Kier alpha value is -3.30. The molecule has 1 heterocycles. The summed E-state index contributed by atoms with van der Waals surface area (Å²) in [5.41, 5.74) is 1.36. The van der Waals surface area contributed by atoms with Gasteiger partial charge in [-0.05, 0) is 66.7 Å². The van der Waals surface area contributed by atoms with Crippen LogP contribution >= 0.6 is 23.4 Å². The lowest BCUT2D eigenvalue weighted by molar-refractivity contribution is -0.139. The number of nitrogens with zero attached hydrogens (tertiary/aromatic N) is 3. The Morgan fingerprint density at radius 3 is 2.55 bits per heavy atom. The van der Waals surface area contributed by atoms with Gasteiger partial charge >= 0.3 is 11.9 Å². The van der Waals surface area contributed by atoms with E-state index in [1.165, 1.54) is 6.08 Å². The zero-order chi connectivity index (χ0) is 22.4. The Labute approximate surface area is 187 Å². The zero-order valence-corrected chi connectivity index (χ0v) is 17.9. The summed E-state index contributed by atoms with van der Waals surface area (Å²) in [6.45, 7) is 1.97. The smallest absolute Gasteiger partial charge is 0.342 e. The van der Waals surface area contributed by atoms with Crippen molar-refractivity contribution in [3.8, 4) is 17.1 Å². The number of carboxylic acids is 2. The minimum atomic E-state index is -1.12. The summed E-state index contributed by atoms with van der Waals surface area (Å²) in [7, 11) is 0. The molecule has 0 aliphatic heterocycles. The van der Waals surface area contributed by atoms with Gasteiger partial charge in [0.15, 0.2) is 17.6 Å². The average molecular weight is 460 g/mol. The predicted octanol–water partition coefficient (Wildman–Crippen LogP) is 4.30. The average Bonchev–Trinajstić information content (AvgIpc) is 3.15. The van der Waals surface area contributed by atoms with Gasteiger partial charge in [0, 0.05) is 17.1 Å². The summed E-state index contributed by atoms with van der Waals surface area (Å²) < 4.78 is 6.96. The molecule has 3 rings (SSSR count). The molecule has 160 valence electrons. The molecule has 0 saturated heterocycles. The van der Waals surface area contributed by atoms with Gasteiger partial charge < -0.3 is 19.5 Å². The van der Waals surface area contributed by atoms with Gasteiger partial charge in [0.2, 0.25) is 0 Å². The van der Waals surface area contributed by atoms with E-state index >= 15 is 0 Å². The molecule has 10 heteroatoms. The summed E-state index contributed by atoms with van der Waals surface area (Å²) >= 11 is 6.92. The van der Waals surface area contributed by atoms with Crippen LogP contribution in [0.3, 0.4) is 0 Å². The second kappa shape index (κ2) is 10.1. The van der Waals surface area contributed by atoms with Crippen molar-refractivity contribution in [2.75, 3.05) is 6.61 Å². The van der Waals surface area contributed by atoms with E-state index in [-0.39, 0.29) is 4.91 Å². The molecule has 2 N–H and O–H groups in total. The van der Waals surface area contributed by atoms with Gasteiger partial charge in [-0.25, -0.2) is 9.59 Å². The molecule has 1 aromatic heterocycles. The molecule has 8 nitrogen and oxygen atoms in total. The standard InChI is InChI=1S/C21H18ClN3O5S/c1-2-25-19(14-6-8-15(22)9-7-14)23-24-21(25)31-17(20(28)29)11-13-4-3-5-16(10-13)30-12-18(26)27/h3-11H,2,12H2,1H3,(H,26,27)(H,28,29)/b17-11-. The van der Waals surface area contributed by atoms with E-state index in [1.807, 2.05) is 23.6 Å². The summed E-state index contributed by atoms with van der Waals surface area (Å²) in [6.07, 6.45) is 1.47.